The van der Waals surface area contributed by atoms with Crippen molar-refractivity contribution in [2.45, 2.75) is 83.3 Å². The third-order valence-electron chi connectivity index (χ3n) is 4.36. The lowest BCUT2D eigenvalue weighted by atomic mass is 9.94. The number of aliphatic carboxylic acids is 1. The van der Waals surface area contributed by atoms with Gasteiger partial charge in [0, 0.05) is 25.0 Å². The van der Waals surface area contributed by atoms with Gasteiger partial charge < -0.3 is 15.1 Å². The average Bonchev–Trinajstić information content (AvgIpc) is 3.11. The van der Waals surface area contributed by atoms with Gasteiger partial charge in [-0.05, 0) is 25.7 Å². The average molecular weight is 351 g/mol. The number of rotatable bonds is 14. The van der Waals surface area contributed by atoms with Crippen molar-refractivity contribution < 1.29 is 19.8 Å². The topological polar surface area (TPSA) is 79.1 Å². The van der Waals surface area contributed by atoms with Gasteiger partial charge in [-0.1, -0.05) is 62.1 Å². The molecule has 0 aromatic heterocycles. The minimum Gasteiger partial charge on any atom is -0.481 e. The molecule has 5 nitrogen and oxygen atoms in total. The molecule has 1 rings (SSSR count). The molecule has 142 valence electrons. The molecule has 0 saturated carbocycles. The maximum Gasteiger partial charge on any atom is 0.303 e. The molecule has 0 aromatic rings. The Morgan fingerprint density at radius 3 is 2.80 bits per heavy atom. The highest BCUT2D eigenvalue weighted by Crippen LogP contribution is 2.22. The molecule has 2 N–H and O–H groups in total. The SMILES string of the molecule is CCCCCCC(O)/C=C\[C@@H](C/C=C\CCCC(=O)O)C1CC=NO1. The lowest BCUT2D eigenvalue weighted by Crippen LogP contribution is -2.18. The van der Waals surface area contributed by atoms with Gasteiger partial charge in [0.2, 0.25) is 0 Å². The second kappa shape index (κ2) is 13.6. The van der Waals surface area contributed by atoms with E-state index in [9.17, 15) is 9.90 Å². The van der Waals surface area contributed by atoms with Gasteiger partial charge in [-0.15, -0.1) is 0 Å². The summed E-state index contributed by atoms with van der Waals surface area (Å²) in [7, 11) is 0. The van der Waals surface area contributed by atoms with Crippen molar-refractivity contribution in [3.05, 3.63) is 24.3 Å². The maximum atomic E-state index is 10.5. The zero-order chi connectivity index (χ0) is 18.3. The fraction of sp³-hybridized carbons (Fsp3) is 0.700. The third-order valence-corrected chi connectivity index (χ3v) is 4.36. The van der Waals surface area contributed by atoms with E-state index in [-0.39, 0.29) is 18.4 Å². The lowest BCUT2D eigenvalue weighted by Gasteiger charge is -2.17. The third kappa shape index (κ3) is 10.8. The number of aliphatic hydroxyl groups is 1. The molecule has 2 unspecified atom stereocenters. The van der Waals surface area contributed by atoms with Gasteiger partial charge in [0.25, 0.3) is 0 Å². The van der Waals surface area contributed by atoms with Crippen LogP contribution in [0, 0.1) is 5.92 Å². The van der Waals surface area contributed by atoms with E-state index in [1.165, 1.54) is 19.3 Å². The molecule has 5 heteroatoms. The van der Waals surface area contributed by atoms with Gasteiger partial charge in [0.1, 0.15) is 6.10 Å². The van der Waals surface area contributed by atoms with E-state index in [1.807, 2.05) is 18.2 Å². The molecule has 0 fully saturated rings. The number of nitrogens with zero attached hydrogens (tertiary/aromatic N) is 1. The Morgan fingerprint density at radius 1 is 1.28 bits per heavy atom. The first-order valence-corrected chi connectivity index (χ1v) is 9.54. The molecule has 3 atom stereocenters. The van der Waals surface area contributed by atoms with Gasteiger partial charge in [-0.3, -0.25) is 4.79 Å². The highest BCUT2D eigenvalue weighted by atomic mass is 16.6. The fourth-order valence-electron chi connectivity index (χ4n) is 2.81. The van der Waals surface area contributed by atoms with E-state index in [2.05, 4.69) is 18.2 Å². The summed E-state index contributed by atoms with van der Waals surface area (Å²) in [6.45, 7) is 2.18. The number of hydrogen-bond acceptors (Lipinski definition) is 4. The second-order valence-corrected chi connectivity index (χ2v) is 6.63. The first-order valence-electron chi connectivity index (χ1n) is 9.54. The normalized spacial score (nSPS) is 19.5. The number of carboxylic acids is 1. The van der Waals surface area contributed by atoms with E-state index in [0.717, 1.165) is 32.1 Å². The molecule has 0 aromatic carbocycles. The van der Waals surface area contributed by atoms with Crippen molar-refractivity contribution in [3.8, 4) is 0 Å². The van der Waals surface area contributed by atoms with Gasteiger partial charge in [0.05, 0.1) is 6.10 Å². The van der Waals surface area contributed by atoms with Crippen molar-refractivity contribution >= 4 is 12.2 Å². The maximum absolute atomic E-state index is 10.5. The smallest absolute Gasteiger partial charge is 0.303 e. The quantitative estimate of drug-likeness (QED) is 0.357. The summed E-state index contributed by atoms with van der Waals surface area (Å²) in [6, 6.07) is 0. The number of carbonyl (C=O) groups is 1. The summed E-state index contributed by atoms with van der Waals surface area (Å²) in [4.78, 5) is 15.9. The molecular formula is C20H33NO4. The Kier molecular flexibility index (Phi) is 11.7. The number of aliphatic hydroxyl groups excluding tert-OH is 1. The molecule has 0 saturated heterocycles. The lowest BCUT2D eigenvalue weighted by molar-refractivity contribution is -0.137. The van der Waals surface area contributed by atoms with Crippen LogP contribution in [0.25, 0.3) is 0 Å². The summed E-state index contributed by atoms with van der Waals surface area (Å²) >= 11 is 0. The number of allylic oxidation sites excluding steroid dienone is 2. The number of hydrogen-bond donors (Lipinski definition) is 2. The van der Waals surface area contributed by atoms with Crippen LogP contribution in [0.15, 0.2) is 29.5 Å². The van der Waals surface area contributed by atoms with Crippen LogP contribution in [-0.2, 0) is 9.63 Å². The summed E-state index contributed by atoms with van der Waals surface area (Å²) < 4.78 is 0. The predicted molar refractivity (Wildman–Crippen MR) is 101 cm³/mol. The monoisotopic (exact) mass is 351 g/mol. The zero-order valence-electron chi connectivity index (χ0n) is 15.3. The van der Waals surface area contributed by atoms with Crippen LogP contribution in [0.3, 0.4) is 0 Å². The molecule has 1 aliphatic rings. The molecule has 1 aliphatic heterocycles. The van der Waals surface area contributed by atoms with E-state index in [4.69, 9.17) is 9.94 Å². The minimum atomic E-state index is -0.751. The molecule has 0 amide bonds. The van der Waals surface area contributed by atoms with Crippen molar-refractivity contribution in [2.24, 2.45) is 11.1 Å². The van der Waals surface area contributed by atoms with E-state index >= 15 is 0 Å². The highest BCUT2D eigenvalue weighted by Gasteiger charge is 2.22. The Hall–Kier alpha value is -1.62. The van der Waals surface area contributed by atoms with Crippen molar-refractivity contribution in [1.29, 1.82) is 0 Å². The number of unbranched alkanes of at least 4 members (excludes halogenated alkanes) is 4. The molecule has 25 heavy (non-hydrogen) atoms. The van der Waals surface area contributed by atoms with Crippen LogP contribution in [0.1, 0.15) is 71.1 Å². The Bertz CT molecular complexity index is 437. The summed E-state index contributed by atoms with van der Waals surface area (Å²) in [5, 5.41) is 22.6. The van der Waals surface area contributed by atoms with Gasteiger partial charge >= 0.3 is 5.97 Å². The number of carboxylic acid groups (broad SMARTS) is 1. The number of oxime groups is 1. The van der Waals surface area contributed by atoms with Gasteiger partial charge in [0.15, 0.2) is 0 Å². The van der Waals surface area contributed by atoms with Crippen LogP contribution >= 0.6 is 0 Å². The predicted octanol–water partition coefficient (Wildman–Crippen LogP) is 4.47. The van der Waals surface area contributed by atoms with Crippen molar-refractivity contribution in [3.63, 3.8) is 0 Å². The first kappa shape index (κ1) is 21.4. The Labute approximate surface area is 151 Å². The molecular weight excluding hydrogens is 318 g/mol. The zero-order valence-corrected chi connectivity index (χ0v) is 15.3. The standard InChI is InChI=1S/C20H33NO4/c1-2-3-4-8-11-18(22)14-13-17(19-15-16-21-25-19)10-7-5-6-9-12-20(23)24/h5,7,13-14,16-19,22H,2-4,6,8-12,15H2,1H3,(H,23,24)/b7-5-,14-13-/t17-,18?,19?/m1/s1. The van der Waals surface area contributed by atoms with Crippen LogP contribution in [-0.4, -0.2) is 34.6 Å². The largest absolute Gasteiger partial charge is 0.481 e. The summed E-state index contributed by atoms with van der Waals surface area (Å²) in [5.41, 5.74) is 0. The summed E-state index contributed by atoms with van der Waals surface area (Å²) in [6.07, 6.45) is 18.1. The molecule has 1 heterocycles. The second-order valence-electron chi connectivity index (χ2n) is 6.63. The van der Waals surface area contributed by atoms with Crippen LogP contribution < -0.4 is 0 Å². The minimum absolute atomic E-state index is 0.0206. The van der Waals surface area contributed by atoms with E-state index in [1.54, 1.807) is 6.21 Å². The van der Waals surface area contributed by atoms with E-state index in [0.29, 0.717) is 6.42 Å². The fourth-order valence-corrected chi connectivity index (χ4v) is 2.81. The first-order chi connectivity index (χ1) is 12.1. The summed E-state index contributed by atoms with van der Waals surface area (Å²) in [5.74, 6) is -0.581. The Morgan fingerprint density at radius 2 is 2.12 bits per heavy atom. The van der Waals surface area contributed by atoms with Gasteiger partial charge in [-0.2, -0.15) is 0 Å². The van der Waals surface area contributed by atoms with Crippen molar-refractivity contribution in [1.82, 2.24) is 0 Å². The molecule has 0 bridgehead atoms. The molecule has 0 spiro atoms. The highest BCUT2D eigenvalue weighted by molar-refractivity contribution is 5.66. The Balaban J connectivity index is 2.37. The van der Waals surface area contributed by atoms with Crippen LogP contribution in [0.2, 0.25) is 0 Å². The van der Waals surface area contributed by atoms with Crippen LogP contribution in [0.4, 0.5) is 0 Å². The molecule has 0 radical (unpaired) electrons. The van der Waals surface area contributed by atoms with Crippen LogP contribution in [0.5, 0.6) is 0 Å². The van der Waals surface area contributed by atoms with Crippen molar-refractivity contribution in [2.75, 3.05) is 0 Å². The van der Waals surface area contributed by atoms with Gasteiger partial charge in [-0.25, -0.2) is 0 Å². The van der Waals surface area contributed by atoms with E-state index < -0.39 is 12.1 Å². The molecule has 0 aliphatic carbocycles.